The van der Waals surface area contributed by atoms with Gasteiger partial charge in [-0.25, -0.2) is 9.78 Å². The molecule has 0 atom stereocenters. The van der Waals surface area contributed by atoms with Gasteiger partial charge in [0.25, 0.3) is 0 Å². The molecule has 0 aromatic carbocycles. The van der Waals surface area contributed by atoms with Crippen LogP contribution in [0.15, 0.2) is 12.4 Å². The van der Waals surface area contributed by atoms with Crippen molar-refractivity contribution in [3.05, 3.63) is 18.2 Å². The predicted octanol–water partition coefficient (Wildman–Crippen LogP) is 0.615. The number of rotatable bonds is 4. The number of imidazole rings is 1. The molecule has 1 aliphatic heterocycles. The van der Waals surface area contributed by atoms with Gasteiger partial charge in [-0.1, -0.05) is 0 Å². The number of carboxylic acid groups (broad SMARTS) is 1. The lowest BCUT2D eigenvalue weighted by molar-refractivity contribution is -0.137. The molecule has 0 bridgehead atoms. The normalized spacial score (nSPS) is 17.7. The maximum atomic E-state index is 12.5. The number of amides is 2. The molecule has 2 aliphatic rings. The van der Waals surface area contributed by atoms with Crippen LogP contribution in [0.3, 0.4) is 0 Å². The summed E-state index contributed by atoms with van der Waals surface area (Å²) in [5.74, 6) is 0.369. The van der Waals surface area contributed by atoms with Crippen LogP contribution < -0.4 is 0 Å². The summed E-state index contributed by atoms with van der Waals surface area (Å²) in [4.78, 5) is 30.8. The van der Waals surface area contributed by atoms with Crippen molar-refractivity contribution >= 4 is 12.0 Å². The third-order valence-corrected chi connectivity index (χ3v) is 3.79. The van der Waals surface area contributed by atoms with Crippen LogP contribution in [0, 0.1) is 5.92 Å². The highest BCUT2D eigenvalue weighted by atomic mass is 16.4. The van der Waals surface area contributed by atoms with Gasteiger partial charge in [0.2, 0.25) is 0 Å². The molecule has 2 amide bonds. The van der Waals surface area contributed by atoms with E-state index < -0.39 is 5.97 Å². The second-order valence-corrected chi connectivity index (χ2v) is 5.46. The maximum Gasteiger partial charge on any atom is 0.323 e. The first-order valence-electron chi connectivity index (χ1n) is 6.89. The summed E-state index contributed by atoms with van der Waals surface area (Å²) in [5, 5.41) is 8.96. The highest BCUT2D eigenvalue weighted by molar-refractivity contribution is 5.80. The molecule has 1 N–H and O–H groups in total. The molecule has 0 spiro atoms. The van der Waals surface area contributed by atoms with E-state index >= 15 is 0 Å². The molecule has 3 rings (SSSR count). The molecular formula is C13H18N4O3. The maximum absolute atomic E-state index is 12.5. The molecule has 0 unspecified atom stereocenters. The number of aliphatic carboxylic acids is 1. The number of urea groups is 1. The summed E-state index contributed by atoms with van der Waals surface area (Å²) in [6.45, 7) is 2.09. The molecular weight excluding hydrogens is 260 g/mol. The second kappa shape index (κ2) is 5.15. The Bertz CT molecular complexity index is 523. The summed E-state index contributed by atoms with van der Waals surface area (Å²) in [6, 6.07) is -0.187. The van der Waals surface area contributed by atoms with E-state index in [0.29, 0.717) is 32.1 Å². The van der Waals surface area contributed by atoms with Crippen LogP contribution >= 0.6 is 0 Å². The lowest BCUT2D eigenvalue weighted by Crippen LogP contribution is -2.48. The quantitative estimate of drug-likeness (QED) is 0.875. The van der Waals surface area contributed by atoms with Gasteiger partial charge in [0.15, 0.2) is 0 Å². The second-order valence-electron chi connectivity index (χ2n) is 5.46. The fourth-order valence-electron chi connectivity index (χ4n) is 2.52. The van der Waals surface area contributed by atoms with Crippen LogP contribution in [0.4, 0.5) is 4.79 Å². The number of aromatic nitrogens is 2. The van der Waals surface area contributed by atoms with Gasteiger partial charge in [-0.3, -0.25) is 4.79 Å². The Balaban J connectivity index is 1.67. The van der Waals surface area contributed by atoms with E-state index in [0.717, 1.165) is 18.7 Å². The first-order valence-corrected chi connectivity index (χ1v) is 6.89. The highest BCUT2D eigenvalue weighted by Crippen LogP contribution is 2.30. The zero-order chi connectivity index (χ0) is 14.1. The Morgan fingerprint density at radius 2 is 2.20 bits per heavy atom. The van der Waals surface area contributed by atoms with Crippen molar-refractivity contribution in [2.75, 3.05) is 19.6 Å². The van der Waals surface area contributed by atoms with Crippen LogP contribution in [-0.2, 0) is 17.9 Å². The first-order chi connectivity index (χ1) is 9.63. The average Bonchev–Trinajstić information content (AvgIpc) is 3.11. The van der Waals surface area contributed by atoms with Gasteiger partial charge in [-0.05, 0) is 18.8 Å². The van der Waals surface area contributed by atoms with Gasteiger partial charge < -0.3 is 19.5 Å². The molecule has 1 aromatic heterocycles. The predicted molar refractivity (Wildman–Crippen MR) is 70.0 cm³/mol. The van der Waals surface area contributed by atoms with E-state index in [4.69, 9.17) is 5.11 Å². The zero-order valence-electron chi connectivity index (χ0n) is 11.2. The molecule has 1 aliphatic carbocycles. The molecule has 0 radical (unpaired) electrons. The Labute approximate surface area is 116 Å². The number of hydrogen-bond donors (Lipinski definition) is 1. The number of fused-ring (bicyclic) bond motifs is 1. The van der Waals surface area contributed by atoms with Gasteiger partial charge in [-0.2, -0.15) is 0 Å². The van der Waals surface area contributed by atoms with Crippen molar-refractivity contribution in [3.63, 3.8) is 0 Å². The minimum atomic E-state index is -0.961. The Morgan fingerprint density at radius 3 is 2.90 bits per heavy atom. The molecule has 20 heavy (non-hydrogen) atoms. The molecule has 1 saturated carbocycles. The summed E-state index contributed by atoms with van der Waals surface area (Å²) in [7, 11) is 0. The summed E-state index contributed by atoms with van der Waals surface area (Å²) < 4.78 is 2.02. The molecule has 1 fully saturated rings. The topological polar surface area (TPSA) is 78.7 Å². The van der Waals surface area contributed by atoms with Crippen molar-refractivity contribution in [3.8, 4) is 0 Å². The van der Waals surface area contributed by atoms with E-state index in [9.17, 15) is 9.59 Å². The minimum absolute atomic E-state index is 0.187. The summed E-state index contributed by atoms with van der Waals surface area (Å²) >= 11 is 0. The van der Waals surface area contributed by atoms with E-state index in [1.54, 1.807) is 11.1 Å². The Morgan fingerprint density at radius 1 is 1.40 bits per heavy atom. The van der Waals surface area contributed by atoms with Gasteiger partial charge >= 0.3 is 12.0 Å². The average molecular weight is 278 g/mol. The number of carboxylic acids is 1. The van der Waals surface area contributed by atoms with Crippen LogP contribution in [-0.4, -0.2) is 56.1 Å². The molecule has 7 nitrogen and oxygen atoms in total. The van der Waals surface area contributed by atoms with Crippen molar-refractivity contribution in [2.24, 2.45) is 5.92 Å². The van der Waals surface area contributed by atoms with E-state index in [-0.39, 0.29) is 12.6 Å². The summed E-state index contributed by atoms with van der Waals surface area (Å²) in [6.07, 6.45) is 5.81. The third kappa shape index (κ3) is 2.76. The zero-order valence-corrected chi connectivity index (χ0v) is 11.2. The SMILES string of the molecule is O=C(O)CN(CC1CC1)C(=O)N1CCn2ccnc2C1. The minimum Gasteiger partial charge on any atom is -0.480 e. The van der Waals surface area contributed by atoms with Crippen LogP contribution in [0.5, 0.6) is 0 Å². The van der Waals surface area contributed by atoms with Crippen molar-refractivity contribution in [1.29, 1.82) is 0 Å². The molecule has 108 valence electrons. The largest absolute Gasteiger partial charge is 0.480 e. The number of nitrogens with zero attached hydrogens (tertiary/aromatic N) is 4. The van der Waals surface area contributed by atoms with Gasteiger partial charge in [0, 0.05) is 32.0 Å². The van der Waals surface area contributed by atoms with Crippen LogP contribution in [0.25, 0.3) is 0 Å². The molecule has 2 heterocycles. The van der Waals surface area contributed by atoms with Crippen LogP contribution in [0.1, 0.15) is 18.7 Å². The number of carbonyl (C=O) groups is 2. The fraction of sp³-hybridized carbons (Fsp3) is 0.615. The lowest BCUT2D eigenvalue weighted by Gasteiger charge is -2.32. The van der Waals surface area contributed by atoms with Gasteiger partial charge in [0.1, 0.15) is 12.4 Å². The molecule has 0 saturated heterocycles. The first kappa shape index (κ1) is 13.0. The lowest BCUT2D eigenvalue weighted by atomic mass is 10.3. The standard InChI is InChI=1S/C13H18N4O3/c18-12(19)9-17(7-10-1-2-10)13(20)16-6-5-15-4-3-14-11(15)8-16/h3-4,10H,1-2,5-9H2,(H,18,19). The van der Waals surface area contributed by atoms with Crippen molar-refractivity contribution in [2.45, 2.75) is 25.9 Å². The van der Waals surface area contributed by atoms with Gasteiger partial charge in [-0.15, -0.1) is 0 Å². The molecule has 7 heteroatoms. The highest BCUT2D eigenvalue weighted by Gasteiger charge is 2.31. The number of hydrogen-bond acceptors (Lipinski definition) is 3. The smallest absolute Gasteiger partial charge is 0.323 e. The van der Waals surface area contributed by atoms with Crippen LogP contribution in [0.2, 0.25) is 0 Å². The van der Waals surface area contributed by atoms with Crippen molar-refractivity contribution in [1.82, 2.24) is 19.4 Å². The van der Waals surface area contributed by atoms with Gasteiger partial charge in [0.05, 0.1) is 6.54 Å². The molecule has 1 aromatic rings. The fourth-order valence-corrected chi connectivity index (χ4v) is 2.52. The van der Waals surface area contributed by atoms with E-state index in [1.165, 1.54) is 4.90 Å². The van der Waals surface area contributed by atoms with Crippen molar-refractivity contribution < 1.29 is 14.7 Å². The monoisotopic (exact) mass is 278 g/mol. The Hall–Kier alpha value is -2.05. The Kier molecular flexibility index (Phi) is 3.33. The third-order valence-electron chi connectivity index (χ3n) is 3.79. The van der Waals surface area contributed by atoms with E-state index in [1.807, 2.05) is 10.8 Å². The van der Waals surface area contributed by atoms with E-state index in [2.05, 4.69) is 4.98 Å². The number of carbonyl (C=O) groups excluding carboxylic acids is 1. The summed E-state index contributed by atoms with van der Waals surface area (Å²) in [5.41, 5.74) is 0.